The fraction of sp³-hybridized carbons (Fsp3) is 0.417. The summed E-state index contributed by atoms with van der Waals surface area (Å²) in [6.45, 7) is 3.17. The number of amides is 1. The normalized spacial score (nSPS) is 18.9. The van der Waals surface area contributed by atoms with Crippen LogP contribution in [0.15, 0.2) is 21.9 Å². The number of aliphatic hydroxyl groups is 1. The van der Waals surface area contributed by atoms with Gasteiger partial charge in [-0.2, -0.15) is 0 Å². The number of hydrogen-bond acceptors (Lipinski definition) is 6. The van der Waals surface area contributed by atoms with E-state index in [0.29, 0.717) is 48.3 Å². The van der Waals surface area contributed by atoms with Crippen molar-refractivity contribution in [3.63, 3.8) is 0 Å². The van der Waals surface area contributed by atoms with E-state index in [9.17, 15) is 28.3 Å². The van der Waals surface area contributed by atoms with Crippen LogP contribution in [0.5, 0.6) is 0 Å². The molecule has 2 unspecified atom stereocenters. The number of carbonyl (C=O) groups is 2. The van der Waals surface area contributed by atoms with Gasteiger partial charge in [0.05, 0.1) is 28.8 Å². The molecule has 10 heteroatoms. The van der Waals surface area contributed by atoms with Crippen LogP contribution < -0.4 is 10.9 Å². The topological polar surface area (TPSA) is 110 Å². The first-order valence-electron chi connectivity index (χ1n) is 11.1. The van der Waals surface area contributed by atoms with E-state index in [1.54, 1.807) is 6.07 Å². The smallest absolute Gasteiger partial charge is 0.293 e. The average molecular weight is 473 g/mol. The van der Waals surface area contributed by atoms with E-state index >= 15 is 0 Å². The summed E-state index contributed by atoms with van der Waals surface area (Å²) in [6, 6.07) is 2.45. The number of rotatable bonds is 6. The minimum atomic E-state index is -1.00. The summed E-state index contributed by atoms with van der Waals surface area (Å²) in [5.41, 5.74) is 2.08. The predicted molar refractivity (Wildman–Crippen MR) is 119 cm³/mol. The standard InChI is InChI=1S/C24H25F2N3O5/c1-12(31)16-8-22-20(5-6-29(22)24(33)18(16)10-34-11-30)28-21-9-19(25)23(26)15-4-3-14(7-17(15)21)27-13(2)32/h8-9,11-12,14,31H,3-7,10H2,1-2H3,(H,27,32). The first-order valence-corrected chi connectivity index (χ1v) is 11.1. The second-order valence-corrected chi connectivity index (χ2v) is 8.60. The third-order valence-electron chi connectivity index (χ3n) is 6.32. The highest BCUT2D eigenvalue weighted by Crippen LogP contribution is 2.35. The van der Waals surface area contributed by atoms with Gasteiger partial charge in [-0.05, 0) is 48.9 Å². The van der Waals surface area contributed by atoms with Crippen LogP contribution in [-0.4, -0.2) is 33.8 Å². The second-order valence-electron chi connectivity index (χ2n) is 8.60. The Morgan fingerprint density at radius 1 is 1.35 bits per heavy atom. The number of aliphatic hydroxyl groups excluding tert-OH is 1. The number of aliphatic imine (C=N–C) groups is 1. The minimum Gasteiger partial charge on any atom is -0.463 e. The van der Waals surface area contributed by atoms with Gasteiger partial charge in [0.2, 0.25) is 5.91 Å². The third-order valence-corrected chi connectivity index (χ3v) is 6.32. The van der Waals surface area contributed by atoms with E-state index in [1.807, 2.05) is 0 Å². The fourth-order valence-electron chi connectivity index (χ4n) is 4.78. The van der Waals surface area contributed by atoms with E-state index in [0.717, 1.165) is 6.07 Å². The highest BCUT2D eigenvalue weighted by molar-refractivity contribution is 6.02. The molecular weight excluding hydrogens is 448 g/mol. The number of nitrogens with zero attached hydrogens (tertiary/aromatic N) is 2. The molecule has 0 bridgehead atoms. The molecule has 2 atom stereocenters. The average Bonchev–Trinajstić information content (AvgIpc) is 3.19. The molecule has 2 N–H and O–H groups in total. The number of carbonyl (C=O) groups excluding carboxylic acids is 2. The monoisotopic (exact) mass is 473 g/mol. The van der Waals surface area contributed by atoms with Gasteiger partial charge in [-0.3, -0.25) is 19.4 Å². The first-order chi connectivity index (χ1) is 16.2. The van der Waals surface area contributed by atoms with Crippen LogP contribution in [-0.2, 0) is 40.3 Å². The Bertz CT molecular complexity index is 1250. The molecule has 0 saturated heterocycles. The maximum absolute atomic E-state index is 14.5. The molecule has 8 nitrogen and oxygen atoms in total. The number of benzene rings is 1. The van der Waals surface area contributed by atoms with Crippen molar-refractivity contribution in [1.82, 2.24) is 9.88 Å². The molecule has 0 spiro atoms. The van der Waals surface area contributed by atoms with Crippen LogP contribution in [0.2, 0.25) is 0 Å². The van der Waals surface area contributed by atoms with Gasteiger partial charge in [0.15, 0.2) is 11.6 Å². The number of nitrogens with one attached hydrogen (secondary N) is 1. The molecular formula is C24H25F2N3O5. The zero-order chi connectivity index (χ0) is 24.6. The first kappa shape index (κ1) is 23.7. The summed E-state index contributed by atoms with van der Waals surface area (Å²) < 4.78 is 35.2. The van der Waals surface area contributed by atoms with Crippen molar-refractivity contribution < 1.29 is 28.2 Å². The molecule has 0 saturated carbocycles. The minimum absolute atomic E-state index is 0.176. The predicted octanol–water partition coefficient (Wildman–Crippen LogP) is 2.37. The van der Waals surface area contributed by atoms with Gasteiger partial charge in [-0.15, -0.1) is 0 Å². The summed E-state index contributed by atoms with van der Waals surface area (Å²) in [4.78, 5) is 39.8. The van der Waals surface area contributed by atoms with E-state index in [2.05, 4.69) is 10.3 Å². The fourth-order valence-corrected chi connectivity index (χ4v) is 4.78. The third kappa shape index (κ3) is 4.37. The molecule has 1 aromatic heterocycles. The Morgan fingerprint density at radius 2 is 2.12 bits per heavy atom. The quantitative estimate of drug-likeness (QED) is 0.626. The van der Waals surface area contributed by atoms with Gasteiger partial charge >= 0.3 is 0 Å². The molecule has 0 radical (unpaired) electrons. The highest BCUT2D eigenvalue weighted by Gasteiger charge is 2.29. The SMILES string of the molecule is CC(=O)NC1CCc2c(F)c(F)cc(N=C3CCn4c3cc(C(C)O)c(COC=O)c4=O)c2C1. The lowest BCUT2D eigenvalue weighted by Crippen LogP contribution is -2.37. The van der Waals surface area contributed by atoms with Crippen LogP contribution in [0.3, 0.4) is 0 Å². The van der Waals surface area contributed by atoms with Crippen LogP contribution >= 0.6 is 0 Å². The van der Waals surface area contributed by atoms with E-state index in [4.69, 9.17) is 4.74 Å². The van der Waals surface area contributed by atoms with Crippen molar-refractivity contribution in [1.29, 1.82) is 0 Å². The lowest BCUT2D eigenvalue weighted by molar-refractivity contribution is -0.129. The zero-order valence-electron chi connectivity index (χ0n) is 18.9. The van der Waals surface area contributed by atoms with Gasteiger partial charge < -0.3 is 19.7 Å². The number of fused-ring (bicyclic) bond motifs is 2. The molecule has 0 fully saturated rings. The number of ether oxygens (including phenoxy) is 1. The lowest BCUT2D eigenvalue weighted by Gasteiger charge is -2.26. The Balaban J connectivity index is 1.81. The van der Waals surface area contributed by atoms with Crippen molar-refractivity contribution in [2.24, 2.45) is 4.99 Å². The maximum Gasteiger partial charge on any atom is 0.293 e. The van der Waals surface area contributed by atoms with Crippen molar-refractivity contribution in [3.05, 3.63) is 62.1 Å². The van der Waals surface area contributed by atoms with Gasteiger partial charge in [0.1, 0.15) is 6.61 Å². The second kappa shape index (κ2) is 9.46. The van der Waals surface area contributed by atoms with Crippen molar-refractivity contribution in [3.8, 4) is 0 Å². The van der Waals surface area contributed by atoms with E-state index in [1.165, 1.54) is 18.4 Å². The Kier molecular flexibility index (Phi) is 6.60. The van der Waals surface area contributed by atoms with Gasteiger partial charge in [0, 0.05) is 32.0 Å². The van der Waals surface area contributed by atoms with Crippen molar-refractivity contribution in [2.45, 2.75) is 64.8 Å². The van der Waals surface area contributed by atoms with Crippen molar-refractivity contribution in [2.75, 3.05) is 0 Å². The number of aromatic nitrogens is 1. The summed E-state index contributed by atoms with van der Waals surface area (Å²) in [5, 5.41) is 13.0. The molecule has 1 amide bonds. The number of hydrogen-bond donors (Lipinski definition) is 2. The number of halogens is 2. The molecule has 2 heterocycles. The molecule has 1 aliphatic carbocycles. The van der Waals surface area contributed by atoms with Gasteiger partial charge in [-0.1, -0.05) is 0 Å². The Labute approximate surface area is 194 Å². The van der Waals surface area contributed by atoms with Crippen LogP contribution in [0.25, 0.3) is 0 Å². The highest BCUT2D eigenvalue weighted by atomic mass is 19.2. The van der Waals surface area contributed by atoms with Crippen LogP contribution in [0.1, 0.15) is 60.7 Å². The van der Waals surface area contributed by atoms with Crippen molar-refractivity contribution >= 4 is 23.8 Å². The van der Waals surface area contributed by atoms with E-state index < -0.39 is 23.3 Å². The summed E-state index contributed by atoms with van der Waals surface area (Å²) in [5.74, 6) is -2.11. The summed E-state index contributed by atoms with van der Waals surface area (Å²) in [6.07, 6.45) is 0.441. The van der Waals surface area contributed by atoms with Crippen LogP contribution in [0, 0.1) is 11.6 Å². The van der Waals surface area contributed by atoms with Crippen LogP contribution in [0.4, 0.5) is 14.5 Å². The van der Waals surface area contributed by atoms with E-state index in [-0.39, 0.29) is 48.3 Å². The molecule has 1 aliphatic heterocycles. The summed E-state index contributed by atoms with van der Waals surface area (Å²) >= 11 is 0. The van der Waals surface area contributed by atoms with Gasteiger partial charge in [0.25, 0.3) is 12.0 Å². The molecule has 34 heavy (non-hydrogen) atoms. The maximum atomic E-state index is 14.5. The Morgan fingerprint density at radius 3 is 2.79 bits per heavy atom. The van der Waals surface area contributed by atoms with Gasteiger partial charge in [-0.25, -0.2) is 8.78 Å². The Hall–Kier alpha value is -3.40. The number of pyridine rings is 1. The molecule has 2 aliphatic rings. The lowest BCUT2D eigenvalue weighted by atomic mass is 9.86. The zero-order valence-corrected chi connectivity index (χ0v) is 18.9. The molecule has 2 aromatic rings. The molecule has 1 aromatic carbocycles. The molecule has 4 rings (SSSR count). The molecule has 180 valence electrons. The largest absolute Gasteiger partial charge is 0.463 e. The summed E-state index contributed by atoms with van der Waals surface area (Å²) in [7, 11) is 0.